The standard InChI is InChI=1S/C27H42BO3P3/c1-32(2,3,25-19-13-10-14-20-25)29-28(30-33(4,5,6)26-21-15-11-16-22-26)31-34(7,8,9)27-23-17-12-18-24-27/h10-24H,1-9H3. The molecule has 3 rings (SSSR count). The Labute approximate surface area is 207 Å². The van der Waals surface area contributed by atoms with E-state index in [0.717, 1.165) is 0 Å². The fraction of sp³-hybridized carbons (Fsp3) is 0.333. The molecule has 0 amide bonds. The first-order valence-corrected chi connectivity index (χ1v) is 22.2. The summed E-state index contributed by atoms with van der Waals surface area (Å²) < 4.78 is 21.0. The van der Waals surface area contributed by atoms with Crippen molar-refractivity contribution >= 4 is 43.7 Å². The summed E-state index contributed by atoms with van der Waals surface area (Å²) in [6, 6.07) is 31.4. The van der Waals surface area contributed by atoms with E-state index in [1.54, 1.807) is 0 Å². The van der Waals surface area contributed by atoms with Crippen LogP contribution in [0.25, 0.3) is 0 Å². The van der Waals surface area contributed by atoms with E-state index in [9.17, 15) is 0 Å². The van der Waals surface area contributed by atoms with Crippen LogP contribution in [0, 0.1) is 0 Å². The second-order valence-corrected chi connectivity index (χ2v) is 30.7. The summed E-state index contributed by atoms with van der Waals surface area (Å²) in [4.78, 5) is 0. The molecule has 0 atom stereocenters. The van der Waals surface area contributed by atoms with Crippen LogP contribution in [0.2, 0.25) is 0 Å². The number of hydrogen-bond donors (Lipinski definition) is 0. The Morgan fingerprint density at radius 2 is 0.588 bits per heavy atom. The van der Waals surface area contributed by atoms with Gasteiger partial charge in [0.1, 0.15) is 0 Å². The molecule has 0 saturated carbocycles. The maximum atomic E-state index is 7.01. The summed E-state index contributed by atoms with van der Waals surface area (Å²) in [5.41, 5.74) is 0. The van der Waals surface area contributed by atoms with Crippen LogP contribution < -0.4 is 15.9 Å². The normalized spacial score (nSPS) is 16.3. The quantitative estimate of drug-likeness (QED) is 0.254. The molecule has 34 heavy (non-hydrogen) atoms. The Balaban J connectivity index is 2.07. The third-order valence-corrected chi connectivity index (χ3v) is 15.2. The van der Waals surface area contributed by atoms with Gasteiger partial charge in [0.25, 0.3) is 0 Å². The SMILES string of the molecule is CP(C)(C)(OB(OP(C)(C)(C)c1ccccc1)OP(C)(C)(C)c1ccccc1)c1ccccc1. The van der Waals surface area contributed by atoms with Crippen LogP contribution in [0.15, 0.2) is 91.0 Å². The van der Waals surface area contributed by atoms with Gasteiger partial charge in [-0.2, -0.15) is 0 Å². The van der Waals surface area contributed by atoms with Gasteiger partial charge in [-0.25, -0.2) is 0 Å². The van der Waals surface area contributed by atoms with E-state index < -0.39 is 27.8 Å². The van der Waals surface area contributed by atoms with Crippen LogP contribution in [-0.2, 0) is 13.3 Å². The summed E-state index contributed by atoms with van der Waals surface area (Å²) in [7, 11) is -0.811. The van der Waals surface area contributed by atoms with Crippen molar-refractivity contribution in [3.63, 3.8) is 0 Å². The molecular formula is C27H42BO3P3. The van der Waals surface area contributed by atoms with Crippen LogP contribution in [0.1, 0.15) is 0 Å². The van der Waals surface area contributed by atoms with E-state index >= 15 is 0 Å². The van der Waals surface area contributed by atoms with Crippen molar-refractivity contribution in [3.05, 3.63) is 91.0 Å². The Morgan fingerprint density at radius 1 is 0.382 bits per heavy atom. The molecule has 3 aromatic rings. The Hall–Kier alpha value is -1.11. The molecule has 0 N–H and O–H groups in total. The van der Waals surface area contributed by atoms with Crippen LogP contribution >= 0.6 is 20.5 Å². The molecule has 0 bridgehead atoms. The molecule has 0 saturated heterocycles. The van der Waals surface area contributed by atoms with Crippen LogP contribution in [0.4, 0.5) is 0 Å². The van der Waals surface area contributed by atoms with Gasteiger partial charge < -0.3 is 0 Å². The first-order chi connectivity index (χ1) is 15.4. The Morgan fingerprint density at radius 3 is 0.794 bits per heavy atom. The fourth-order valence-electron chi connectivity index (χ4n) is 3.95. The molecule has 0 aliphatic carbocycles. The predicted octanol–water partition coefficient (Wildman–Crippen LogP) is 6.07. The summed E-state index contributed by atoms with van der Waals surface area (Å²) in [6.07, 6.45) is 0. The van der Waals surface area contributed by atoms with Gasteiger partial charge in [-0.15, -0.1) is 0 Å². The molecule has 0 unspecified atom stereocenters. The van der Waals surface area contributed by atoms with Gasteiger partial charge >= 0.3 is 208 Å². The number of benzene rings is 3. The van der Waals surface area contributed by atoms with Gasteiger partial charge in [0, 0.05) is 0 Å². The van der Waals surface area contributed by atoms with Gasteiger partial charge in [0.05, 0.1) is 0 Å². The van der Waals surface area contributed by atoms with Crippen LogP contribution in [-0.4, -0.2) is 67.3 Å². The third kappa shape index (κ3) is 6.56. The molecule has 0 aliphatic heterocycles. The minimum absolute atomic E-state index is 0.811. The zero-order valence-electron chi connectivity index (χ0n) is 22.3. The topological polar surface area (TPSA) is 27.7 Å². The van der Waals surface area contributed by atoms with Crippen molar-refractivity contribution in [2.75, 3.05) is 60.0 Å². The van der Waals surface area contributed by atoms with Crippen LogP contribution in [0.3, 0.4) is 0 Å². The van der Waals surface area contributed by atoms with E-state index in [0.29, 0.717) is 0 Å². The summed E-state index contributed by atoms with van der Waals surface area (Å²) in [5.74, 6) is 0. The van der Waals surface area contributed by atoms with Gasteiger partial charge in [-0.3, -0.25) is 0 Å². The van der Waals surface area contributed by atoms with Crippen molar-refractivity contribution < 1.29 is 13.3 Å². The molecule has 0 aromatic heterocycles. The second-order valence-electron chi connectivity index (χ2n) is 12.6. The monoisotopic (exact) mass is 518 g/mol. The van der Waals surface area contributed by atoms with Gasteiger partial charge in [-0.05, 0) is 0 Å². The first kappa shape index (κ1) is 27.5. The molecule has 0 fully saturated rings. The van der Waals surface area contributed by atoms with E-state index in [1.165, 1.54) is 15.9 Å². The molecule has 7 heteroatoms. The molecular weight excluding hydrogens is 476 g/mol. The van der Waals surface area contributed by atoms with Gasteiger partial charge in [-0.1, -0.05) is 0 Å². The Kier molecular flexibility index (Phi) is 7.09. The summed E-state index contributed by atoms with van der Waals surface area (Å²) >= 11 is 0. The molecule has 186 valence electrons. The minimum atomic E-state index is -2.81. The summed E-state index contributed by atoms with van der Waals surface area (Å²) in [5, 5.41) is 3.58. The summed E-state index contributed by atoms with van der Waals surface area (Å²) in [6.45, 7) is 11.5. The van der Waals surface area contributed by atoms with E-state index in [4.69, 9.17) is 13.3 Å². The van der Waals surface area contributed by atoms with E-state index in [2.05, 4.69) is 133 Å². The predicted molar refractivity (Wildman–Crippen MR) is 161 cm³/mol. The van der Waals surface area contributed by atoms with Crippen molar-refractivity contribution in [2.45, 2.75) is 0 Å². The first-order valence-electron chi connectivity index (χ1n) is 11.7. The van der Waals surface area contributed by atoms with Crippen LogP contribution in [0.5, 0.6) is 0 Å². The zero-order valence-corrected chi connectivity index (χ0v) is 25.0. The second kappa shape index (κ2) is 8.78. The van der Waals surface area contributed by atoms with E-state index in [1.807, 2.05) is 18.2 Å². The van der Waals surface area contributed by atoms with Crippen molar-refractivity contribution in [2.24, 2.45) is 0 Å². The van der Waals surface area contributed by atoms with Gasteiger partial charge in [0.2, 0.25) is 0 Å². The average molecular weight is 518 g/mol. The van der Waals surface area contributed by atoms with Gasteiger partial charge in [0.15, 0.2) is 0 Å². The molecule has 0 radical (unpaired) electrons. The molecule has 3 aromatic carbocycles. The van der Waals surface area contributed by atoms with E-state index in [-0.39, 0.29) is 0 Å². The average Bonchev–Trinajstić information content (AvgIpc) is 2.73. The fourth-order valence-corrected chi connectivity index (χ4v) is 10.2. The molecule has 3 nitrogen and oxygen atoms in total. The third-order valence-electron chi connectivity index (χ3n) is 6.27. The van der Waals surface area contributed by atoms with Crippen molar-refractivity contribution in [3.8, 4) is 0 Å². The Bertz CT molecular complexity index is 965. The number of rotatable bonds is 9. The maximum absolute atomic E-state index is 7.01. The van der Waals surface area contributed by atoms with Crippen molar-refractivity contribution in [1.82, 2.24) is 0 Å². The van der Waals surface area contributed by atoms with Crippen molar-refractivity contribution in [1.29, 1.82) is 0 Å². The molecule has 0 spiro atoms. The number of hydrogen-bond acceptors (Lipinski definition) is 3. The molecule has 0 aliphatic rings. The zero-order chi connectivity index (χ0) is 25.4. The molecule has 0 heterocycles.